The largest absolute Gasteiger partial charge is 0.345 e. The van der Waals surface area contributed by atoms with Gasteiger partial charge in [0.1, 0.15) is 5.54 Å². The zero-order chi connectivity index (χ0) is 9.31. The Morgan fingerprint density at radius 3 is 2.43 bits per heavy atom. The SMILES string of the molecule is Cl.O=C1CNC(=O)C2(CCNCC2)N1. The first kappa shape index (κ1) is 11.3. The predicted octanol–water partition coefficient (Wildman–Crippen LogP) is -1.22. The van der Waals surface area contributed by atoms with Gasteiger partial charge in [0.15, 0.2) is 0 Å². The molecule has 0 aliphatic carbocycles. The van der Waals surface area contributed by atoms with Gasteiger partial charge in [-0.2, -0.15) is 0 Å². The van der Waals surface area contributed by atoms with Crippen LogP contribution in [0.1, 0.15) is 12.8 Å². The van der Waals surface area contributed by atoms with Crippen molar-refractivity contribution in [3.8, 4) is 0 Å². The molecule has 1 spiro atoms. The Morgan fingerprint density at radius 1 is 1.14 bits per heavy atom. The van der Waals surface area contributed by atoms with Crippen molar-refractivity contribution < 1.29 is 9.59 Å². The summed E-state index contributed by atoms with van der Waals surface area (Å²) in [5.41, 5.74) is -0.624. The minimum atomic E-state index is -0.624. The van der Waals surface area contributed by atoms with E-state index in [4.69, 9.17) is 0 Å². The third-order valence-electron chi connectivity index (χ3n) is 2.68. The Morgan fingerprint density at radius 2 is 1.79 bits per heavy atom. The fourth-order valence-electron chi connectivity index (χ4n) is 1.90. The number of piperazine rings is 1. The van der Waals surface area contributed by atoms with E-state index >= 15 is 0 Å². The van der Waals surface area contributed by atoms with E-state index in [0.29, 0.717) is 12.8 Å². The van der Waals surface area contributed by atoms with Gasteiger partial charge in [-0.25, -0.2) is 0 Å². The second kappa shape index (κ2) is 4.14. The molecule has 2 amide bonds. The van der Waals surface area contributed by atoms with Crippen LogP contribution in [0.15, 0.2) is 0 Å². The van der Waals surface area contributed by atoms with E-state index in [0.717, 1.165) is 13.1 Å². The highest BCUT2D eigenvalue weighted by Crippen LogP contribution is 2.20. The third-order valence-corrected chi connectivity index (χ3v) is 2.68. The fourth-order valence-corrected chi connectivity index (χ4v) is 1.90. The number of rotatable bonds is 0. The summed E-state index contributed by atoms with van der Waals surface area (Å²) in [6.07, 6.45) is 1.37. The number of carbonyl (C=O) groups excluding carboxylic acids is 2. The average Bonchev–Trinajstić information content (AvgIpc) is 2.14. The minimum Gasteiger partial charge on any atom is -0.345 e. The number of nitrogens with one attached hydrogen (secondary N) is 3. The summed E-state index contributed by atoms with van der Waals surface area (Å²) in [6.45, 7) is 1.69. The Hall–Kier alpha value is -0.810. The number of hydrogen-bond acceptors (Lipinski definition) is 3. The fraction of sp³-hybridized carbons (Fsp3) is 0.750. The lowest BCUT2D eigenvalue weighted by molar-refractivity contribution is -0.139. The zero-order valence-corrected chi connectivity index (χ0v) is 8.58. The van der Waals surface area contributed by atoms with Crippen LogP contribution in [0.5, 0.6) is 0 Å². The van der Waals surface area contributed by atoms with E-state index in [-0.39, 0.29) is 30.8 Å². The molecule has 2 fully saturated rings. The summed E-state index contributed by atoms with van der Waals surface area (Å²) in [4.78, 5) is 22.7. The highest BCUT2D eigenvalue weighted by molar-refractivity contribution is 5.98. The molecular formula is C8H14ClN3O2. The summed E-state index contributed by atoms with van der Waals surface area (Å²) in [5.74, 6) is -0.116. The summed E-state index contributed by atoms with van der Waals surface area (Å²) < 4.78 is 0. The maximum Gasteiger partial charge on any atom is 0.246 e. The van der Waals surface area contributed by atoms with Crippen molar-refractivity contribution in [1.29, 1.82) is 0 Å². The summed E-state index contributed by atoms with van der Waals surface area (Å²) >= 11 is 0. The van der Waals surface area contributed by atoms with Crippen LogP contribution in [-0.2, 0) is 9.59 Å². The molecule has 5 nitrogen and oxygen atoms in total. The standard InChI is InChI=1S/C8H13N3O2.ClH/c12-6-5-10-7(13)8(11-6)1-3-9-4-2-8;/h9H,1-5H2,(H,10,13)(H,11,12);1H. The molecule has 14 heavy (non-hydrogen) atoms. The lowest BCUT2D eigenvalue weighted by Gasteiger charge is -2.39. The smallest absolute Gasteiger partial charge is 0.246 e. The van der Waals surface area contributed by atoms with E-state index in [1.165, 1.54) is 0 Å². The Kier molecular flexibility index (Phi) is 3.34. The third kappa shape index (κ3) is 1.83. The molecule has 6 heteroatoms. The zero-order valence-electron chi connectivity index (χ0n) is 7.76. The van der Waals surface area contributed by atoms with Crippen LogP contribution in [0, 0.1) is 0 Å². The predicted molar refractivity (Wildman–Crippen MR) is 53.2 cm³/mol. The normalized spacial score (nSPS) is 24.9. The van der Waals surface area contributed by atoms with Gasteiger partial charge in [-0.05, 0) is 25.9 Å². The van der Waals surface area contributed by atoms with Gasteiger partial charge < -0.3 is 16.0 Å². The van der Waals surface area contributed by atoms with E-state index in [1.807, 2.05) is 0 Å². The molecule has 0 saturated carbocycles. The molecule has 2 heterocycles. The average molecular weight is 220 g/mol. The monoisotopic (exact) mass is 219 g/mol. The Balaban J connectivity index is 0.000000980. The summed E-state index contributed by atoms with van der Waals surface area (Å²) in [5, 5.41) is 8.56. The van der Waals surface area contributed by atoms with Gasteiger partial charge in [-0.15, -0.1) is 12.4 Å². The summed E-state index contributed by atoms with van der Waals surface area (Å²) in [6, 6.07) is 0. The maximum atomic E-state index is 11.6. The van der Waals surface area contributed by atoms with Gasteiger partial charge in [0.05, 0.1) is 6.54 Å². The first-order valence-electron chi connectivity index (χ1n) is 4.53. The van der Waals surface area contributed by atoms with Crippen LogP contribution in [0.2, 0.25) is 0 Å². The quantitative estimate of drug-likeness (QED) is 0.478. The molecule has 2 saturated heterocycles. The van der Waals surface area contributed by atoms with Crippen LogP contribution < -0.4 is 16.0 Å². The van der Waals surface area contributed by atoms with Gasteiger partial charge >= 0.3 is 0 Å². The first-order valence-corrected chi connectivity index (χ1v) is 4.53. The van der Waals surface area contributed by atoms with Crippen molar-refractivity contribution in [2.24, 2.45) is 0 Å². The Bertz CT molecular complexity index is 251. The van der Waals surface area contributed by atoms with E-state index in [2.05, 4.69) is 16.0 Å². The van der Waals surface area contributed by atoms with Crippen molar-refractivity contribution in [3.05, 3.63) is 0 Å². The van der Waals surface area contributed by atoms with Gasteiger partial charge in [0.25, 0.3) is 0 Å². The molecule has 0 aromatic rings. The van der Waals surface area contributed by atoms with Gasteiger partial charge in [-0.1, -0.05) is 0 Å². The second-order valence-electron chi connectivity index (χ2n) is 3.56. The van der Waals surface area contributed by atoms with Crippen LogP contribution in [-0.4, -0.2) is 37.0 Å². The maximum absolute atomic E-state index is 11.6. The lowest BCUT2D eigenvalue weighted by atomic mass is 9.86. The van der Waals surface area contributed by atoms with E-state index in [1.54, 1.807) is 0 Å². The van der Waals surface area contributed by atoms with Crippen LogP contribution in [0.3, 0.4) is 0 Å². The molecule has 0 unspecified atom stereocenters. The topological polar surface area (TPSA) is 70.2 Å². The lowest BCUT2D eigenvalue weighted by Crippen LogP contribution is -2.68. The molecule has 0 aromatic heterocycles. The second-order valence-corrected chi connectivity index (χ2v) is 3.56. The highest BCUT2D eigenvalue weighted by Gasteiger charge is 2.43. The number of hydrogen-bond donors (Lipinski definition) is 3. The van der Waals surface area contributed by atoms with Crippen molar-refractivity contribution in [2.75, 3.05) is 19.6 Å². The molecule has 2 rings (SSSR count). The highest BCUT2D eigenvalue weighted by atomic mass is 35.5. The van der Waals surface area contributed by atoms with Crippen molar-refractivity contribution >= 4 is 24.2 Å². The molecule has 0 aromatic carbocycles. The number of carbonyl (C=O) groups is 2. The van der Waals surface area contributed by atoms with Gasteiger partial charge in [0.2, 0.25) is 11.8 Å². The van der Waals surface area contributed by atoms with Crippen LogP contribution >= 0.6 is 12.4 Å². The van der Waals surface area contributed by atoms with Crippen LogP contribution in [0.25, 0.3) is 0 Å². The first-order chi connectivity index (χ1) is 6.23. The van der Waals surface area contributed by atoms with Gasteiger partial charge in [0, 0.05) is 0 Å². The summed E-state index contributed by atoms with van der Waals surface area (Å²) in [7, 11) is 0. The molecule has 0 radical (unpaired) electrons. The van der Waals surface area contributed by atoms with Gasteiger partial charge in [-0.3, -0.25) is 9.59 Å². The van der Waals surface area contributed by atoms with Crippen molar-refractivity contribution in [2.45, 2.75) is 18.4 Å². The van der Waals surface area contributed by atoms with E-state index < -0.39 is 5.54 Å². The van der Waals surface area contributed by atoms with Crippen molar-refractivity contribution in [3.63, 3.8) is 0 Å². The molecular weight excluding hydrogens is 206 g/mol. The Labute approximate surface area is 88.4 Å². The molecule has 80 valence electrons. The number of halogens is 1. The molecule has 0 bridgehead atoms. The van der Waals surface area contributed by atoms with Crippen molar-refractivity contribution in [1.82, 2.24) is 16.0 Å². The van der Waals surface area contributed by atoms with Crippen LogP contribution in [0.4, 0.5) is 0 Å². The molecule has 0 atom stereocenters. The minimum absolute atomic E-state index is 0. The number of piperidine rings is 1. The molecule has 2 aliphatic heterocycles. The number of amides is 2. The molecule has 3 N–H and O–H groups in total. The molecule has 2 aliphatic rings. The van der Waals surface area contributed by atoms with E-state index in [9.17, 15) is 9.59 Å².